The van der Waals surface area contributed by atoms with Crippen molar-refractivity contribution in [3.63, 3.8) is 0 Å². The van der Waals surface area contributed by atoms with Gasteiger partial charge in [0.25, 0.3) is 0 Å². The molecule has 138 valence electrons. The Hall–Kier alpha value is -2.25. The standard InChI is InChI=1S/C19H24N4O3/c1-13-8-16(22-26-13)11-23-7-5-14-9-17(25-18(14)12-23)19(24)21-10-15-4-2-3-6-20-15/h2-4,6,8,14,17-18H,5,7,9-12H2,1H3,(H,21,24)/t14-,17-,18-/m0/s1. The van der Waals surface area contributed by atoms with Gasteiger partial charge in [0.2, 0.25) is 5.91 Å². The van der Waals surface area contributed by atoms with Crippen LogP contribution in [0.1, 0.15) is 30.0 Å². The molecule has 0 aromatic carbocycles. The number of hydrogen-bond acceptors (Lipinski definition) is 6. The Balaban J connectivity index is 1.28. The number of nitrogens with one attached hydrogen (secondary N) is 1. The third-order valence-corrected chi connectivity index (χ3v) is 5.16. The average Bonchev–Trinajstić information content (AvgIpc) is 3.26. The Kier molecular flexibility index (Phi) is 4.99. The largest absolute Gasteiger partial charge is 0.364 e. The summed E-state index contributed by atoms with van der Waals surface area (Å²) in [4.78, 5) is 19.0. The summed E-state index contributed by atoms with van der Waals surface area (Å²) in [6.07, 6.45) is 3.33. The summed E-state index contributed by atoms with van der Waals surface area (Å²) in [6, 6.07) is 7.65. The molecular formula is C19H24N4O3. The predicted molar refractivity (Wildman–Crippen MR) is 94.0 cm³/mol. The second-order valence-corrected chi connectivity index (χ2v) is 7.15. The number of aryl methyl sites for hydroxylation is 1. The molecule has 7 nitrogen and oxygen atoms in total. The van der Waals surface area contributed by atoms with Gasteiger partial charge in [0, 0.05) is 25.4 Å². The van der Waals surface area contributed by atoms with E-state index in [1.807, 2.05) is 31.2 Å². The van der Waals surface area contributed by atoms with Gasteiger partial charge in [-0.3, -0.25) is 14.7 Å². The number of rotatable bonds is 5. The molecule has 2 saturated heterocycles. The minimum Gasteiger partial charge on any atom is -0.364 e. The summed E-state index contributed by atoms with van der Waals surface area (Å²) < 4.78 is 11.2. The number of amides is 1. The molecule has 26 heavy (non-hydrogen) atoms. The van der Waals surface area contributed by atoms with Crippen LogP contribution in [0.5, 0.6) is 0 Å². The monoisotopic (exact) mass is 356 g/mol. The Morgan fingerprint density at radius 3 is 3.08 bits per heavy atom. The van der Waals surface area contributed by atoms with Crippen LogP contribution in [0.3, 0.4) is 0 Å². The maximum atomic E-state index is 12.4. The molecule has 0 aliphatic carbocycles. The third kappa shape index (κ3) is 3.94. The molecule has 2 aliphatic rings. The lowest BCUT2D eigenvalue weighted by Crippen LogP contribution is -2.42. The molecule has 1 N–H and O–H groups in total. The lowest BCUT2D eigenvalue weighted by molar-refractivity contribution is -0.133. The van der Waals surface area contributed by atoms with Crippen molar-refractivity contribution in [3.05, 3.63) is 47.6 Å². The lowest BCUT2D eigenvalue weighted by Gasteiger charge is -2.33. The maximum absolute atomic E-state index is 12.4. The first kappa shape index (κ1) is 17.2. The number of nitrogens with zero attached hydrogens (tertiary/aromatic N) is 3. The van der Waals surface area contributed by atoms with Crippen molar-refractivity contribution >= 4 is 5.91 Å². The van der Waals surface area contributed by atoms with Crippen LogP contribution in [0.15, 0.2) is 35.0 Å². The van der Waals surface area contributed by atoms with Gasteiger partial charge in [-0.15, -0.1) is 0 Å². The summed E-state index contributed by atoms with van der Waals surface area (Å²) in [6.45, 7) is 4.93. The van der Waals surface area contributed by atoms with Gasteiger partial charge in [0.05, 0.1) is 24.0 Å². The van der Waals surface area contributed by atoms with Crippen LogP contribution in [0, 0.1) is 12.8 Å². The fourth-order valence-electron chi connectivity index (χ4n) is 3.82. The van der Waals surface area contributed by atoms with Crippen LogP contribution in [-0.4, -0.2) is 46.2 Å². The molecule has 0 saturated carbocycles. The van der Waals surface area contributed by atoms with Crippen LogP contribution in [0.25, 0.3) is 0 Å². The zero-order chi connectivity index (χ0) is 17.9. The second kappa shape index (κ2) is 7.55. The van der Waals surface area contributed by atoms with Crippen molar-refractivity contribution in [2.75, 3.05) is 13.1 Å². The molecule has 7 heteroatoms. The van der Waals surface area contributed by atoms with Crippen molar-refractivity contribution in [2.45, 2.75) is 45.1 Å². The lowest BCUT2D eigenvalue weighted by atomic mass is 9.91. The van der Waals surface area contributed by atoms with Crippen molar-refractivity contribution < 1.29 is 14.1 Å². The van der Waals surface area contributed by atoms with Crippen molar-refractivity contribution in [1.29, 1.82) is 0 Å². The van der Waals surface area contributed by atoms with Gasteiger partial charge in [-0.05, 0) is 44.4 Å². The first-order chi connectivity index (χ1) is 12.7. The van der Waals surface area contributed by atoms with Gasteiger partial charge in [0.1, 0.15) is 11.9 Å². The minimum atomic E-state index is -0.358. The summed E-state index contributed by atoms with van der Waals surface area (Å²) in [7, 11) is 0. The molecule has 2 aliphatic heterocycles. The van der Waals surface area contributed by atoms with E-state index >= 15 is 0 Å². The number of ether oxygens (including phenoxy) is 1. The van der Waals surface area contributed by atoms with Crippen LogP contribution < -0.4 is 5.32 Å². The van der Waals surface area contributed by atoms with Gasteiger partial charge in [0.15, 0.2) is 0 Å². The normalized spacial score (nSPS) is 25.8. The van der Waals surface area contributed by atoms with Gasteiger partial charge < -0.3 is 14.6 Å². The highest BCUT2D eigenvalue weighted by molar-refractivity contribution is 5.81. The quantitative estimate of drug-likeness (QED) is 0.878. The smallest absolute Gasteiger partial charge is 0.249 e. The highest BCUT2D eigenvalue weighted by atomic mass is 16.5. The van der Waals surface area contributed by atoms with E-state index in [1.165, 1.54) is 0 Å². The summed E-state index contributed by atoms with van der Waals surface area (Å²) in [5, 5.41) is 7.01. The van der Waals surface area contributed by atoms with Gasteiger partial charge in [-0.2, -0.15) is 0 Å². The minimum absolute atomic E-state index is 0.0382. The molecule has 3 atom stereocenters. The molecule has 2 aromatic rings. The summed E-state index contributed by atoms with van der Waals surface area (Å²) in [5.74, 6) is 1.25. The van der Waals surface area contributed by atoms with E-state index in [1.54, 1.807) is 6.20 Å². The second-order valence-electron chi connectivity index (χ2n) is 7.15. The van der Waals surface area contributed by atoms with Crippen LogP contribution >= 0.6 is 0 Å². The number of fused-ring (bicyclic) bond motifs is 1. The molecule has 1 amide bonds. The fourth-order valence-corrected chi connectivity index (χ4v) is 3.82. The number of pyridine rings is 1. The summed E-state index contributed by atoms with van der Waals surface area (Å²) in [5.41, 5.74) is 1.80. The van der Waals surface area contributed by atoms with Crippen molar-refractivity contribution in [2.24, 2.45) is 5.92 Å². The van der Waals surface area contributed by atoms with Gasteiger partial charge in [-0.25, -0.2) is 0 Å². The zero-order valence-corrected chi connectivity index (χ0v) is 14.9. The van der Waals surface area contributed by atoms with Crippen LogP contribution in [0.2, 0.25) is 0 Å². The Morgan fingerprint density at radius 2 is 2.31 bits per heavy atom. The van der Waals surface area contributed by atoms with E-state index < -0.39 is 0 Å². The molecule has 2 fully saturated rings. The first-order valence-electron chi connectivity index (χ1n) is 9.15. The topological polar surface area (TPSA) is 80.5 Å². The summed E-state index contributed by atoms with van der Waals surface area (Å²) >= 11 is 0. The highest BCUT2D eigenvalue weighted by Gasteiger charge is 2.41. The molecule has 4 heterocycles. The molecule has 4 rings (SSSR count). The van der Waals surface area contributed by atoms with Gasteiger partial charge >= 0.3 is 0 Å². The number of piperidine rings is 1. The SMILES string of the molecule is Cc1cc(CN2CC[C@H]3C[C@@H](C(=O)NCc4ccccn4)O[C@H]3C2)no1. The van der Waals surface area contributed by atoms with Crippen molar-refractivity contribution in [1.82, 2.24) is 20.4 Å². The Labute approximate surface area is 152 Å². The Bertz CT molecular complexity index is 748. The van der Waals surface area contributed by atoms with Crippen LogP contribution in [0.4, 0.5) is 0 Å². The number of aromatic nitrogens is 2. The third-order valence-electron chi connectivity index (χ3n) is 5.16. The molecule has 0 unspecified atom stereocenters. The fraction of sp³-hybridized carbons (Fsp3) is 0.526. The van der Waals surface area contributed by atoms with Crippen molar-refractivity contribution in [3.8, 4) is 0 Å². The number of likely N-dealkylation sites (tertiary alicyclic amines) is 1. The maximum Gasteiger partial charge on any atom is 0.249 e. The highest BCUT2D eigenvalue weighted by Crippen LogP contribution is 2.33. The number of hydrogen-bond donors (Lipinski definition) is 1. The van der Waals surface area contributed by atoms with Crippen LogP contribution in [-0.2, 0) is 22.6 Å². The zero-order valence-electron chi connectivity index (χ0n) is 14.9. The molecule has 0 radical (unpaired) electrons. The predicted octanol–water partition coefficient (Wildman–Crippen LogP) is 1.67. The number of carbonyl (C=O) groups is 1. The van der Waals surface area contributed by atoms with E-state index in [0.717, 1.165) is 49.6 Å². The average molecular weight is 356 g/mol. The Morgan fingerprint density at radius 1 is 1.38 bits per heavy atom. The van der Waals surface area contributed by atoms with E-state index in [2.05, 4.69) is 20.4 Å². The van der Waals surface area contributed by atoms with E-state index in [-0.39, 0.29) is 18.1 Å². The molecule has 0 bridgehead atoms. The molecule has 0 spiro atoms. The first-order valence-corrected chi connectivity index (χ1v) is 9.15. The van der Waals surface area contributed by atoms with E-state index in [0.29, 0.717) is 12.5 Å². The van der Waals surface area contributed by atoms with E-state index in [9.17, 15) is 4.79 Å². The number of carbonyl (C=O) groups excluding carboxylic acids is 1. The van der Waals surface area contributed by atoms with E-state index in [4.69, 9.17) is 9.26 Å². The molecule has 2 aromatic heterocycles. The van der Waals surface area contributed by atoms with Gasteiger partial charge in [-0.1, -0.05) is 11.2 Å². The molecular weight excluding hydrogens is 332 g/mol.